The monoisotopic (exact) mass is 838 g/mol. The molecule has 1 saturated heterocycles. The summed E-state index contributed by atoms with van der Waals surface area (Å²) in [6.45, 7) is 13.4. The number of benzene rings is 2. The zero-order chi connectivity index (χ0) is 44.7. The van der Waals surface area contributed by atoms with Gasteiger partial charge >= 0.3 is 6.09 Å². The van der Waals surface area contributed by atoms with Crippen molar-refractivity contribution in [2.75, 3.05) is 34.4 Å². The Labute approximate surface area is 357 Å². The normalized spacial score (nSPS) is 19.1. The third-order valence-corrected chi connectivity index (χ3v) is 12.2. The minimum atomic E-state index is -1.04. The molecule has 14 nitrogen and oxygen atoms in total. The summed E-state index contributed by atoms with van der Waals surface area (Å²) in [6.07, 6.45) is -1.28. The number of carbonyl (C=O) groups is 5. The van der Waals surface area contributed by atoms with E-state index in [2.05, 4.69) is 10.6 Å². The van der Waals surface area contributed by atoms with E-state index in [1.165, 1.54) is 26.2 Å². The molecule has 60 heavy (non-hydrogen) atoms. The summed E-state index contributed by atoms with van der Waals surface area (Å²) in [6, 6.07) is 15.3. The molecule has 0 bridgehead atoms. The van der Waals surface area contributed by atoms with Crippen LogP contribution in [0.25, 0.3) is 0 Å². The largest absolute Gasteiger partial charge is 0.445 e. The van der Waals surface area contributed by atoms with Crippen LogP contribution in [0.5, 0.6) is 0 Å². The van der Waals surface area contributed by atoms with Gasteiger partial charge in [-0.2, -0.15) is 0 Å². The van der Waals surface area contributed by atoms with E-state index in [0.29, 0.717) is 31.4 Å². The van der Waals surface area contributed by atoms with Crippen LogP contribution in [0, 0.1) is 29.6 Å². The summed E-state index contributed by atoms with van der Waals surface area (Å²) in [4.78, 5) is 72.9. The predicted octanol–water partition coefficient (Wildman–Crippen LogP) is 4.88. The molecule has 1 aliphatic rings. The van der Waals surface area contributed by atoms with Crippen molar-refractivity contribution in [1.29, 1.82) is 0 Å². The Morgan fingerprint density at radius 1 is 0.883 bits per heavy atom. The Bertz CT molecular complexity index is 1660. The number of nitrogens with two attached hydrogens (primary N) is 1. The lowest BCUT2D eigenvalue weighted by Gasteiger charge is -2.37. The molecule has 3 rings (SSSR count). The highest BCUT2D eigenvalue weighted by molar-refractivity contribution is 5.94. The van der Waals surface area contributed by atoms with Crippen LogP contribution in [0.2, 0.25) is 0 Å². The van der Waals surface area contributed by atoms with Crippen LogP contribution >= 0.6 is 0 Å². The maximum absolute atomic E-state index is 14.8. The molecule has 4 amide bonds. The zero-order valence-corrected chi connectivity index (χ0v) is 37.3. The molecule has 14 heteroatoms. The summed E-state index contributed by atoms with van der Waals surface area (Å²) in [5.74, 6) is -3.90. The maximum Gasteiger partial charge on any atom is 0.410 e. The molecule has 1 fully saturated rings. The lowest BCUT2D eigenvalue weighted by Crippen LogP contribution is -2.58. The molecular formula is C46H71N5O9. The predicted molar refractivity (Wildman–Crippen MR) is 230 cm³/mol. The quantitative estimate of drug-likeness (QED) is 0.120. The summed E-state index contributed by atoms with van der Waals surface area (Å²) in [7, 11) is 4.50. The highest BCUT2D eigenvalue weighted by Gasteiger charge is 2.45. The average molecular weight is 838 g/mol. The first-order valence-corrected chi connectivity index (χ1v) is 21.4. The molecular weight excluding hydrogens is 767 g/mol. The number of aliphatic hydroxyl groups is 1. The summed E-state index contributed by atoms with van der Waals surface area (Å²) >= 11 is 0. The first kappa shape index (κ1) is 50.0. The van der Waals surface area contributed by atoms with Crippen LogP contribution in [0.15, 0.2) is 60.7 Å². The van der Waals surface area contributed by atoms with Crippen LogP contribution in [0.1, 0.15) is 91.4 Å². The number of rotatable bonds is 23. The minimum absolute atomic E-state index is 0.0353. The van der Waals surface area contributed by atoms with Crippen molar-refractivity contribution in [3.05, 3.63) is 71.8 Å². The molecule has 0 aliphatic carbocycles. The summed E-state index contributed by atoms with van der Waals surface area (Å²) in [5, 5.41) is 16.7. The van der Waals surface area contributed by atoms with Gasteiger partial charge in [0.25, 0.3) is 0 Å². The summed E-state index contributed by atoms with van der Waals surface area (Å²) in [5.41, 5.74) is 7.63. The van der Waals surface area contributed by atoms with Gasteiger partial charge < -0.3 is 40.6 Å². The van der Waals surface area contributed by atoms with E-state index in [1.54, 1.807) is 37.8 Å². The van der Waals surface area contributed by atoms with E-state index >= 15 is 0 Å². The highest BCUT2D eigenvalue weighted by Crippen LogP contribution is 2.32. The Hall–Kier alpha value is -4.37. The summed E-state index contributed by atoms with van der Waals surface area (Å²) < 4.78 is 17.4. The molecule has 334 valence electrons. The van der Waals surface area contributed by atoms with Crippen molar-refractivity contribution >= 4 is 29.6 Å². The number of likely N-dealkylation sites (N-methyl/N-ethyl adjacent to an activating group) is 1. The van der Waals surface area contributed by atoms with Gasteiger partial charge in [-0.15, -0.1) is 0 Å². The van der Waals surface area contributed by atoms with E-state index in [0.717, 1.165) is 5.56 Å². The molecule has 11 atom stereocenters. The molecule has 1 unspecified atom stereocenters. The minimum Gasteiger partial charge on any atom is -0.445 e. The Balaban J connectivity index is 1.79. The molecule has 1 aliphatic heterocycles. The zero-order valence-electron chi connectivity index (χ0n) is 37.3. The first-order valence-electron chi connectivity index (χ1n) is 21.4. The van der Waals surface area contributed by atoms with Crippen LogP contribution in [0.3, 0.4) is 0 Å². The fourth-order valence-electron chi connectivity index (χ4n) is 8.33. The van der Waals surface area contributed by atoms with Gasteiger partial charge in [-0.3, -0.25) is 24.1 Å². The van der Waals surface area contributed by atoms with Gasteiger partial charge in [-0.1, -0.05) is 109 Å². The van der Waals surface area contributed by atoms with Gasteiger partial charge in [-0.25, -0.2) is 4.79 Å². The van der Waals surface area contributed by atoms with Crippen LogP contribution in [0.4, 0.5) is 4.79 Å². The number of ketones is 1. The molecule has 0 radical (unpaired) electrons. The van der Waals surface area contributed by atoms with Crippen LogP contribution in [-0.4, -0.2) is 115 Å². The molecule has 0 aromatic heterocycles. The Morgan fingerprint density at radius 2 is 1.50 bits per heavy atom. The number of nitrogens with zero attached hydrogens (tertiary/aromatic N) is 2. The Morgan fingerprint density at radius 3 is 2.05 bits per heavy atom. The molecule has 2 aromatic carbocycles. The van der Waals surface area contributed by atoms with E-state index in [4.69, 9.17) is 19.9 Å². The van der Waals surface area contributed by atoms with Gasteiger partial charge in [0.1, 0.15) is 12.6 Å². The lowest BCUT2D eigenvalue weighted by atomic mass is 9.77. The second kappa shape index (κ2) is 24.2. The van der Waals surface area contributed by atoms with Gasteiger partial charge in [0.15, 0.2) is 5.78 Å². The van der Waals surface area contributed by atoms with Crippen molar-refractivity contribution in [3.8, 4) is 0 Å². The first-order chi connectivity index (χ1) is 28.5. The number of nitrogens with one attached hydrogen (secondary N) is 2. The van der Waals surface area contributed by atoms with Crippen molar-refractivity contribution in [3.63, 3.8) is 0 Å². The number of hydrogen-bond acceptors (Lipinski definition) is 10. The number of carbonyl (C=O) groups excluding carboxylic acids is 5. The lowest BCUT2D eigenvalue weighted by molar-refractivity contribution is -0.146. The number of aliphatic hydroxyl groups excluding tert-OH is 1. The fourth-order valence-corrected chi connectivity index (χ4v) is 8.33. The molecule has 2 aromatic rings. The second-order valence-electron chi connectivity index (χ2n) is 16.8. The molecule has 5 N–H and O–H groups in total. The van der Waals surface area contributed by atoms with Crippen molar-refractivity contribution in [2.24, 2.45) is 35.3 Å². The van der Waals surface area contributed by atoms with E-state index in [1.807, 2.05) is 76.2 Å². The van der Waals surface area contributed by atoms with Gasteiger partial charge in [0, 0.05) is 33.7 Å². The molecule has 0 saturated carbocycles. The third kappa shape index (κ3) is 13.1. The highest BCUT2D eigenvalue weighted by atomic mass is 16.6. The number of amides is 4. The standard InChI is InChI=1S/C46H71N5O9/c1-11-29(4)38(42(54)39(30(5)26-47)49-45(56)40(28(2)3)50(8)46(57)60-27-33-19-14-12-15-20-33)36(58-9)25-37(52)51-24-18-23-35(51)43(59-10)31(6)44(55)48-32(7)41(53)34-21-16-13-17-22-34/h12-17,19-22,28-32,35-36,38-41,43,53H,11,18,23-27,47H2,1-10H3,(H,48,55)(H,49,56)/t29-,30?,31+,32+,35-,36+,38-,39-,40-,41+,43+/m0/s1. The number of likely N-dealkylation sites (tertiary alicyclic amines) is 1. The SMILES string of the molecule is CC[C@H](C)[C@H](C(=O)[C@@H](NC(=O)[C@H](C(C)C)N(C)C(=O)OCc1ccccc1)C(C)CN)[C@@H](CC(=O)N1CCC[C@H]1[C@H](OC)[C@@H](C)C(=O)N[C@H](C)[C@@H](O)c1ccccc1)OC. The molecule has 1 heterocycles. The molecule has 0 spiro atoms. The van der Waals surface area contributed by atoms with Gasteiger partial charge in [-0.05, 0) is 55.2 Å². The van der Waals surface area contributed by atoms with Crippen molar-refractivity contribution < 1.29 is 43.3 Å². The number of hydrogen-bond donors (Lipinski definition) is 4. The van der Waals surface area contributed by atoms with Gasteiger partial charge in [0.2, 0.25) is 17.7 Å². The van der Waals surface area contributed by atoms with E-state index in [9.17, 15) is 29.1 Å². The second-order valence-corrected chi connectivity index (χ2v) is 16.8. The van der Waals surface area contributed by atoms with Gasteiger partial charge in [0.05, 0.1) is 48.8 Å². The van der Waals surface area contributed by atoms with Crippen molar-refractivity contribution in [2.45, 2.75) is 123 Å². The van der Waals surface area contributed by atoms with Crippen LogP contribution in [-0.2, 0) is 40.0 Å². The van der Waals surface area contributed by atoms with Crippen molar-refractivity contribution in [1.82, 2.24) is 20.4 Å². The topological polar surface area (TPSA) is 190 Å². The van der Waals surface area contributed by atoms with E-state index < -0.39 is 72.2 Å². The average Bonchev–Trinajstić information content (AvgIpc) is 3.74. The Kier molecular flexibility index (Phi) is 20.1. The number of ether oxygens (including phenoxy) is 3. The number of Topliss-reactive ketones (excluding diaryl/α,β-unsaturated/α-hetero) is 1. The fraction of sp³-hybridized carbons (Fsp3) is 0.630. The third-order valence-electron chi connectivity index (χ3n) is 12.2. The van der Waals surface area contributed by atoms with Crippen LogP contribution < -0.4 is 16.4 Å². The smallest absolute Gasteiger partial charge is 0.410 e. The van der Waals surface area contributed by atoms with E-state index in [-0.39, 0.29) is 49.0 Å². The number of methoxy groups -OCH3 is 2. The maximum atomic E-state index is 14.8.